The Labute approximate surface area is 121 Å². The Morgan fingerprint density at radius 2 is 1.05 bits per heavy atom. The summed E-state index contributed by atoms with van der Waals surface area (Å²) in [5.74, 6) is -0.342. The Morgan fingerprint density at radius 3 is 1.25 bits per heavy atom. The highest BCUT2D eigenvalue weighted by atomic mass is 16.1. The molecule has 106 valence electrons. The predicted molar refractivity (Wildman–Crippen MR) is 83.1 cm³/mol. The highest BCUT2D eigenvalue weighted by molar-refractivity contribution is 6.02. The van der Waals surface area contributed by atoms with E-state index in [9.17, 15) is 9.59 Å². The topological polar surface area (TPSA) is 34.1 Å². The quantitative estimate of drug-likeness (QED) is 0.564. The predicted octanol–water partition coefficient (Wildman–Crippen LogP) is 4.48. The Balaban J connectivity index is 2.95. The van der Waals surface area contributed by atoms with E-state index in [1.54, 1.807) is 24.3 Å². The minimum Gasteiger partial charge on any atom is -0.294 e. The van der Waals surface area contributed by atoms with E-state index < -0.39 is 0 Å². The molecule has 1 aromatic rings. The van der Waals surface area contributed by atoms with Crippen molar-refractivity contribution in [3.63, 3.8) is 0 Å². The van der Waals surface area contributed by atoms with Gasteiger partial charge in [0.05, 0.1) is 0 Å². The molecule has 0 saturated heterocycles. The number of benzene rings is 1. The van der Waals surface area contributed by atoms with Crippen molar-refractivity contribution in [2.75, 3.05) is 0 Å². The molecule has 0 aliphatic heterocycles. The molecule has 0 radical (unpaired) electrons. The zero-order chi connectivity index (χ0) is 15.4. The van der Waals surface area contributed by atoms with Gasteiger partial charge < -0.3 is 0 Å². The van der Waals surface area contributed by atoms with Crippen LogP contribution in [0, 0.1) is 11.8 Å². The van der Waals surface area contributed by atoms with Crippen LogP contribution in [-0.4, -0.2) is 11.6 Å². The van der Waals surface area contributed by atoms with Crippen LogP contribution in [0.1, 0.15) is 48.4 Å². The maximum Gasteiger partial charge on any atom is 0.169 e. The number of rotatable bonds is 6. The first-order chi connectivity index (χ1) is 9.25. The van der Waals surface area contributed by atoms with E-state index in [4.69, 9.17) is 0 Å². The van der Waals surface area contributed by atoms with Gasteiger partial charge in [0.2, 0.25) is 0 Å². The summed E-state index contributed by atoms with van der Waals surface area (Å²) in [6.45, 7) is 15.0. The third-order valence-electron chi connectivity index (χ3n) is 3.72. The van der Waals surface area contributed by atoms with Crippen LogP contribution < -0.4 is 0 Å². The van der Waals surface area contributed by atoms with Gasteiger partial charge in [0.1, 0.15) is 0 Å². The van der Waals surface area contributed by atoms with Gasteiger partial charge in [-0.3, -0.25) is 9.59 Å². The molecular weight excluding hydrogens is 248 g/mol. The van der Waals surface area contributed by atoms with Crippen LogP contribution >= 0.6 is 0 Å². The molecule has 1 aromatic carbocycles. The Morgan fingerprint density at radius 1 is 0.800 bits per heavy atom. The van der Waals surface area contributed by atoms with Crippen LogP contribution in [0.3, 0.4) is 0 Å². The third kappa shape index (κ3) is 3.53. The first kappa shape index (κ1) is 16.1. The second kappa shape index (κ2) is 6.47. The highest BCUT2D eigenvalue weighted by Crippen LogP contribution is 2.18. The van der Waals surface area contributed by atoms with E-state index in [2.05, 4.69) is 13.2 Å². The van der Waals surface area contributed by atoms with Crippen LogP contribution in [0.4, 0.5) is 0 Å². The summed E-state index contributed by atoms with van der Waals surface area (Å²) in [4.78, 5) is 24.3. The van der Waals surface area contributed by atoms with Gasteiger partial charge in [0.25, 0.3) is 0 Å². The third-order valence-corrected chi connectivity index (χ3v) is 3.72. The molecule has 0 fully saturated rings. The molecule has 0 saturated carbocycles. The number of allylic oxidation sites excluding steroid dienone is 2. The van der Waals surface area contributed by atoms with Gasteiger partial charge in [0.15, 0.2) is 11.6 Å². The summed E-state index contributed by atoms with van der Waals surface area (Å²) in [5.41, 5.74) is 2.90. The average Bonchev–Trinajstić information content (AvgIpc) is 2.44. The molecule has 0 N–H and O–H groups in total. The molecule has 0 spiro atoms. The summed E-state index contributed by atoms with van der Waals surface area (Å²) < 4.78 is 0. The fraction of sp³-hybridized carbons (Fsp3) is 0.333. The van der Waals surface area contributed by atoms with Gasteiger partial charge in [-0.15, -0.1) is 0 Å². The molecule has 20 heavy (non-hydrogen) atoms. The molecule has 2 unspecified atom stereocenters. The van der Waals surface area contributed by atoms with Crippen LogP contribution in [0.25, 0.3) is 0 Å². The normalized spacial score (nSPS) is 13.4. The van der Waals surface area contributed by atoms with Gasteiger partial charge in [-0.1, -0.05) is 62.4 Å². The average molecular weight is 270 g/mol. The van der Waals surface area contributed by atoms with E-state index in [0.29, 0.717) is 11.1 Å². The monoisotopic (exact) mass is 270 g/mol. The van der Waals surface area contributed by atoms with Crippen molar-refractivity contribution in [3.05, 3.63) is 59.7 Å². The summed E-state index contributed by atoms with van der Waals surface area (Å²) >= 11 is 0. The lowest BCUT2D eigenvalue weighted by molar-refractivity contribution is 0.0937. The molecule has 1 rings (SSSR count). The van der Waals surface area contributed by atoms with Crippen molar-refractivity contribution >= 4 is 11.6 Å². The standard InChI is InChI=1S/C18H22O2/c1-11(2)13(5)17(19)15-7-9-16(10-8-15)18(20)14(6)12(3)4/h7-10,13-14H,1,3H2,2,4-6H3. The molecular formula is C18H22O2. The molecule has 2 atom stereocenters. The summed E-state index contributed by atoms with van der Waals surface area (Å²) in [6.07, 6.45) is 0. The second-order valence-electron chi connectivity index (χ2n) is 5.44. The van der Waals surface area contributed by atoms with Gasteiger partial charge >= 0.3 is 0 Å². The molecule has 0 aromatic heterocycles. The molecule has 0 amide bonds. The van der Waals surface area contributed by atoms with Gasteiger partial charge in [0, 0.05) is 23.0 Å². The molecule has 0 aliphatic rings. The summed E-state index contributed by atoms with van der Waals surface area (Å²) in [5, 5.41) is 0. The van der Waals surface area contributed by atoms with E-state index in [0.717, 1.165) is 11.1 Å². The number of hydrogen-bond donors (Lipinski definition) is 0. The van der Waals surface area contributed by atoms with Crippen molar-refractivity contribution in [2.24, 2.45) is 11.8 Å². The summed E-state index contributed by atoms with van der Waals surface area (Å²) in [7, 11) is 0. The van der Waals surface area contributed by atoms with E-state index >= 15 is 0 Å². The van der Waals surface area contributed by atoms with Gasteiger partial charge in [-0.2, -0.15) is 0 Å². The van der Waals surface area contributed by atoms with Crippen molar-refractivity contribution < 1.29 is 9.59 Å². The number of carbonyl (C=O) groups is 2. The molecule has 2 nitrogen and oxygen atoms in total. The SMILES string of the molecule is C=C(C)C(C)C(=O)c1ccc(C(=O)C(C)C(=C)C)cc1. The lowest BCUT2D eigenvalue weighted by Gasteiger charge is -2.12. The van der Waals surface area contributed by atoms with Crippen LogP contribution in [0.15, 0.2) is 48.6 Å². The first-order valence-electron chi connectivity index (χ1n) is 6.75. The molecule has 0 bridgehead atoms. The fourth-order valence-electron chi connectivity index (χ4n) is 1.75. The highest BCUT2D eigenvalue weighted by Gasteiger charge is 2.18. The fourth-order valence-corrected chi connectivity index (χ4v) is 1.75. The van der Waals surface area contributed by atoms with Gasteiger partial charge in [-0.05, 0) is 13.8 Å². The molecule has 0 heterocycles. The van der Waals surface area contributed by atoms with E-state index in [1.807, 2.05) is 27.7 Å². The Bertz CT molecular complexity index is 498. The van der Waals surface area contributed by atoms with Crippen LogP contribution in [0.5, 0.6) is 0 Å². The van der Waals surface area contributed by atoms with Crippen molar-refractivity contribution in [1.82, 2.24) is 0 Å². The lowest BCUT2D eigenvalue weighted by atomic mass is 9.91. The number of carbonyl (C=O) groups excluding carboxylic acids is 2. The van der Waals surface area contributed by atoms with Crippen molar-refractivity contribution in [1.29, 1.82) is 0 Å². The minimum atomic E-state index is -0.203. The van der Waals surface area contributed by atoms with E-state index in [1.165, 1.54) is 0 Å². The van der Waals surface area contributed by atoms with Crippen molar-refractivity contribution in [3.8, 4) is 0 Å². The van der Waals surface area contributed by atoms with Crippen molar-refractivity contribution in [2.45, 2.75) is 27.7 Å². The molecule has 2 heteroatoms. The smallest absolute Gasteiger partial charge is 0.169 e. The minimum absolute atomic E-state index is 0.0319. The number of ketones is 2. The molecule has 0 aliphatic carbocycles. The zero-order valence-electron chi connectivity index (χ0n) is 12.7. The van der Waals surface area contributed by atoms with Crippen LogP contribution in [0.2, 0.25) is 0 Å². The first-order valence-corrected chi connectivity index (χ1v) is 6.75. The maximum absolute atomic E-state index is 12.1. The summed E-state index contributed by atoms with van der Waals surface area (Å²) in [6, 6.07) is 6.83. The largest absolute Gasteiger partial charge is 0.294 e. The number of hydrogen-bond acceptors (Lipinski definition) is 2. The second-order valence-corrected chi connectivity index (χ2v) is 5.44. The number of Topliss-reactive ketones (excluding diaryl/α,β-unsaturated/α-hetero) is 2. The zero-order valence-corrected chi connectivity index (χ0v) is 12.7. The van der Waals surface area contributed by atoms with Gasteiger partial charge in [-0.25, -0.2) is 0 Å². The Kier molecular flexibility index (Phi) is 5.20. The lowest BCUT2D eigenvalue weighted by Crippen LogP contribution is -2.14. The van der Waals surface area contributed by atoms with Crippen LogP contribution in [-0.2, 0) is 0 Å². The van der Waals surface area contributed by atoms with E-state index in [-0.39, 0.29) is 23.4 Å². The maximum atomic E-state index is 12.1. The Hall–Kier alpha value is -1.96.